The van der Waals surface area contributed by atoms with Crippen LogP contribution in [0.1, 0.15) is 0 Å². The molecule has 0 aromatic carbocycles. The van der Waals surface area contributed by atoms with E-state index in [1.807, 2.05) is 35.2 Å². The molecule has 0 bridgehead atoms. The van der Waals surface area contributed by atoms with Gasteiger partial charge >= 0.3 is 0 Å². The second kappa shape index (κ2) is 4.25. The number of hydrogen-bond acceptors (Lipinski definition) is 4. The number of nitrogens with one attached hydrogen (secondary N) is 1. The minimum Gasteiger partial charge on any atom is -0.351 e. The molecular weight excluding hydrogens is 216 g/mol. The molecule has 0 aliphatic heterocycles. The third-order valence-electron chi connectivity index (χ3n) is 2.45. The lowest BCUT2D eigenvalue weighted by atomic mass is 10.5. The average Bonchev–Trinajstić information content (AvgIpc) is 2.96. The Hall–Kier alpha value is -2.37. The first-order chi connectivity index (χ1) is 8.42. The Morgan fingerprint density at radius 3 is 3.06 bits per heavy atom. The molecule has 3 aromatic rings. The lowest BCUT2D eigenvalue weighted by molar-refractivity contribution is 0.723. The van der Waals surface area contributed by atoms with E-state index in [-0.39, 0.29) is 0 Å². The molecule has 0 saturated heterocycles. The fourth-order valence-corrected chi connectivity index (χ4v) is 1.62. The molecule has 0 radical (unpaired) electrons. The van der Waals surface area contributed by atoms with Crippen molar-refractivity contribution in [3.05, 3.63) is 43.1 Å². The van der Waals surface area contributed by atoms with E-state index >= 15 is 0 Å². The van der Waals surface area contributed by atoms with Gasteiger partial charge in [-0.05, 0) is 12.1 Å². The molecule has 0 unspecified atom stereocenters. The Morgan fingerprint density at radius 1 is 1.24 bits per heavy atom. The van der Waals surface area contributed by atoms with Crippen molar-refractivity contribution in [2.45, 2.75) is 6.54 Å². The standard InChI is InChI=1S/C11H12N6/c1-2-6-17-10(3-1)14-11(15-17)13-5-8-16-7-4-12-9-16/h1-4,6-7,9H,5,8H2,(H,13,15). The first-order valence-corrected chi connectivity index (χ1v) is 5.43. The number of nitrogens with zero attached hydrogens (tertiary/aromatic N) is 5. The number of rotatable bonds is 4. The summed E-state index contributed by atoms with van der Waals surface area (Å²) in [6.07, 6.45) is 7.37. The highest BCUT2D eigenvalue weighted by molar-refractivity contribution is 5.42. The second-order valence-electron chi connectivity index (χ2n) is 3.67. The summed E-state index contributed by atoms with van der Waals surface area (Å²) in [4.78, 5) is 8.33. The van der Waals surface area contributed by atoms with Gasteiger partial charge in [-0.3, -0.25) is 0 Å². The van der Waals surface area contributed by atoms with Gasteiger partial charge < -0.3 is 9.88 Å². The molecule has 3 heterocycles. The number of fused-ring (bicyclic) bond motifs is 1. The summed E-state index contributed by atoms with van der Waals surface area (Å²) in [5.41, 5.74) is 0.845. The molecule has 0 aliphatic carbocycles. The van der Waals surface area contributed by atoms with Gasteiger partial charge in [0.05, 0.1) is 6.33 Å². The van der Waals surface area contributed by atoms with Crippen molar-refractivity contribution < 1.29 is 0 Å². The van der Waals surface area contributed by atoms with Gasteiger partial charge in [-0.15, -0.1) is 5.10 Å². The number of anilines is 1. The Bertz CT molecular complexity index is 564. The highest BCUT2D eigenvalue weighted by Gasteiger charge is 2.00. The van der Waals surface area contributed by atoms with Gasteiger partial charge in [-0.1, -0.05) is 6.07 Å². The van der Waals surface area contributed by atoms with Crippen LogP contribution in [-0.4, -0.2) is 30.7 Å². The highest BCUT2D eigenvalue weighted by atomic mass is 15.3. The van der Waals surface area contributed by atoms with E-state index < -0.39 is 0 Å². The van der Waals surface area contributed by atoms with Crippen LogP contribution < -0.4 is 5.32 Å². The van der Waals surface area contributed by atoms with Crippen LogP contribution in [-0.2, 0) is 6.54 Å². The Kier molecular flexibility index (Phi) is 2.45. The van der Waals surface area contributed by atoms with E-state index in [9.17, 15) is 0 Å². The molecule has 0 amide bonds. The molecule has 0 spiro atoms. The summed E-state index contributed by atoms with van der Waals surface area (Å²) in [5.74, 6) is 0.649. The van der Waals surface area contributed by atoms with Crippen LogP contribution in [0, 0.1) is 0 Å². The van der Waals surface area contributed by atoms with Crippen molar-refractivity contribution in [3.8, 4) is 0 Å². The van der Waals surface area contributed by atoms with Crippen molar-refractivity contribution in [3.63, 3.8) is 0 Å². The van der Waals surface area contributed by atoms with Gasteiger partial charge in [0.25, 0.3) is 0 Å². The fraction of sp³-hybridized carbons (Fsp3) is 0.182. The van der Waals surface area contributed by atoms with Crippen LogP contribution >= 0.6 is 0 Å². The van der Waals surface area contributed by atoms with Crippen LogP contribution in [0.4, 0.5) is 5.95 Å². The van der Waals surface area contributed by atoms with Crippen LogP contribution in [0.2, 0.25) is 0 Å². The third-order valence-corrected chi connectivity index (χ3v) is 2.45. The average molecular weight is 228 g/mol. The van der Waals surface area contributed by atoms with Crippen molar-refractivity contribution in [1.82, 2.24) is 24.1 Å². The van der Waals surface area contributed by atoms with E-state index in [0.717, 1.165) is 18.7 Å². The molecule has 0 fully saturated rings. The normalized spacial score (nSPS) is 10.8. The largest absolute Gasteiger partial charge is 0.351 e. The Morgan fingerprint density at radius 2 is 2.24 bits per heavy atom. The molecule has 6 nitrogen and oxygen atoms in total. The quantitative estimate of drug-likeness (QED) is 0.724. The topological polar surface area (TPSA) is 60.0 Å². The lowest BCUT2D eigenvalue weighted by Crippen LogP contribution is -2.10. The Labute approximate surface area is 97.9 Å². The van der Waals surface area contributed by atoms with E-state index in [2.05, 4.69) is 20.4 Å². The van der Waals surface area contributed by atoms with Gasteiger partial charge in [-0.25, -0.2) is 9.50 Å². The Balaban J connectivity index is 1.65. The smallest absolute Gasteiger partial charge is 0.243 e. The second-order valence-corrected chi connectivity index (χ2v) is 3.67. The summed E-state index contributed by atoms with van der Waals surface area (Å²) in [5, 5.41) is 7.48. The van der Waals surface area contributed by atoms with Crippen molar-refractivity contribution in [2.75, 3.05) is 11.9 Å². The lowest BCUT2D eigenvalue weighted by Gasteiger charge is -2.01. The van der Waals surface area contributed by atoms with Gasteiger partial charge in [0, 0.05) is 31.7 Å². The van der Waals surface area contributed by atoms with Crippen LogP contribution in [0.3, 0.4) is 0 Å². The summed E-state index contributed by atoms with van der Waals surface area (Å²) >= 11 is 0. The molecule has 3 rings (SSSR count). The molecule has 0 saturated carbocycles. The van der Waals surface area contributed by atoms with Gasteiger partial charge in [-0.2, -0.15) is 4.98 Å². The van der Waals surface area contributed by atoms with E-state index in [1.54, 1.807) is 17.0 Å². The molecule has 1 N–H and O–H groups in total. The zero-order valence-electron chi connectivity index (χ0n) is 9.19. The van der Waals surface area contributed by atoms with Gasteiger partial charge in [0.2, 0.25) is 5.95 Å². The summed E-state index contributed by atoms with van der Waals surface area (Å²) in [7, 11) is 0. The summed E-state index contributed by atoms with van der Waals surface area (Å²) in [6, 6.07) is 5.80. The predicted molar refractivity (Wildman–Crippen MR) is 63.7 cm³/mol. The van der Waals surface area contributed by atoms with Crippen molar-refractivity contribution in [1.29, 1.82) is 0 Å². The van der Waals surface area contributed by atoms with Crippen molar-refractivity contribution >= 4 is 11.6 Å². The first-order valence-electron chi connectivity index (χ1n) is 5.43. The maximum Gasteiger partial charge on any atom is 0.243 e. The molecule has 17 heavy (non-hydrogen) atoms. The molecule has 3 aromatic heterocycles. The van der Waals surface area contributed by atoms with Gasteiger partial charge in [0.1, 0.15) is 0 Å². The molecule has 0 atom stereocenters. The zero-order valence-corrected chi connectivity index (χ0v) is 9.19. The number of aromatic nitrogens is 5. The van der Waals surface area contributed by atoms with Gasteiger partial charge in [0.15, 0.2) is 5.65 Å². The molecule has 6 heteroatoms. The van der Waals surface area contributed by atoms with E-state index in [1.165, 1.54) is 0 Å². The number of imidazole rings is 1. The maximum absolute atomic E-state index is 4.35. The number of hydrogen-bond donors (Lipinski definition) is 1. The van der Waals surface area contributed by atoms with Crippen LogP contribution in [0.5, 0.6) is 0 Å². The summed E-state index contributed by atoms with van der Waals surface area (Å²) < 4.78 is 3.75. The fourth-order valence-electron chi connectivity index (χ4n) is 1.62. The third kappa shape index (κ3) is 2.10. The SMILES string of the molecule is c1ccn2nc(NCCn3ccnc3)nc2c1. The minimum absolute atomic E-state index is 0.649. The minimum atomic E-state index is 0.649. The zero-order chi connectivity index (χ0) is 11.5. The molecular formula is C11H12N6. The number of pyridine rings is 1. The van der Waals surface area contributed by atoms with Crippen LogP contribution in [0.15, 0.2) is 43.1 Å². The monoisotopic (exact) mass is 228 g/mol. The van der Waals surface area contributed by atoms with Crippen LogP contribution in [0.25, 0.3) is 5.65 Å². The molecule has 0 aliphatic rings. The maximum atomic E-state index is 4.35. The van der Waals surface area contributed by atoms with Crippen molar-refractivity contribution in [2.24, 2.45) is 0 Å². The van der Waals surface area contributed by atoms with E-state index in [4.69, 9.17) is 0 Å². The van der Waals surface area contributed by atoms with E-state index in [0.29, 0.717) is 5.95 Å². The molecule has 86 valence electrons. The first kappa shape index (κ1) is 9.83. The predicted octanol–water partition coefficient (Wildman–Crippen LogP) is 1.04. The summed E-state index contributed by atoms with van der Waals surface area (Å²) in [6.45, 7) is 1.61. The highest BCUT2D eigenvalue weighted by Crippen LogP contribution is 2.03.